The Balaban J connectivity index is 1.54. The van der Waals surface area contributed by atoms with Crippen molar-refractivity contribution in [2.75, 3.05) is 13.7 Å². The van der Waals surface area contributed by atoms with Crippen LogP contribution in [0.4, 0.5) is 4.39 Å². The normalized spacial score (nSPS) is 16.8. The van der Waals surface area contributed by atoms with E-state index in [4.69, 9.17) is 21.1 Å². The number of thioether (sulfide) groups is 1. The molecule has 1 aromatic carbocycles. The molecule has 1 fully saturated rings. The number of aliphatic hydroxyl groups excluding tert-OH is 1. The van der Waals surface area contributed by atoms with Gasteiger partial charge in [0.15, 0.2) is 5.65 Å². The molecule has 39 heavy (non-hydrogen) atoms. The van der Waals surface area contributed by atoms with Crippen molar-refractivity contribution in [2.24, 2.45) is 0 Å². The summed E-state index contributed by atoms with van der Waals surface area (Å²) in [7, 11) is 1.16. The first kappa shape index (κ1) is 29.2. The second kappa shape index (κ2) is 12.6. The number of aromatic nitrogens is 4. The van der Waals surface area contributed by atoms with E-state index >= 15 is 4.39 Å². The molecule has 0 unspecified atom stereocenters. The van der Waals surface area contributed by atoms with Crippen LogP contribution in [-0.2, 0) is 25.5 Å². The molecule has 2 aromatic heterocycles. The highest BCUT2D eigenvalue weighted by molar-refractivity contribution is 8.00. The lowest BCUT2D eigenvalue weighted by atomic mass is 9.94. The number of carboxylic acids is 2. The number of aliphatic hydroxyl groups is 1. The van der Waals surface area contributed by atoms with Gasteiger partial charge < -0.3 is 24.8 Å². The van der Waals surface area contributed by atoms with Gasteiger partial charge in [0.25, 0.3) is 5.60 Å². The number of halogens is 2. The molecule has 14 heteroatoms. The summed E-state index contributed by atoms with van der Waals surface area (Å²) < 4.78 is 27.2. The van der Waals surface area contributed by atoms with Gasteiger partial charge in [0.2, 0.25) is 11.6 Å². The molecular weight excluding hydrogens is 555 g/mol. The molecule has 1 saturated carbocycles. The summed E-state index contributed by atoms with van der Waals surface area (Å²) in [5, 5.41) is 31.2. The van der Waals surface area contributed by atoms with Gasteiger partial charge in [-0.3, -0.25) is 4.57 Å². The first-order valence-corrected chi connectivity index (χ1v) is 13.5. The highest BCUT2D eigenvalue weighted by atomic mass is 35.5. The maximum Gasteiger partial charge on any atom is 0.348 e. The third kappa shape index (κ3) is 6.33. The van der Waals surface area contributed by atoms with Gasteiger partial charge in [0, 0.05) is 18.8 Å². The van der Waals surface area contributed by atoms with Gasteiger partial charge in [0.05, 0.1) is 12.9 Å². The van der Waals surface area contributed by atoms with Crippen molar-refractivity contribution in [2.45, 2.75) is 66.5 Å². The number of carbonyl (C=O) groups is 2. The molecule has 1 aliphatic rings. The molecule has 11 nitrogen and oxygen atoms in total. The third-order valence-corrected chi connectivity index (χ3v) is 8.14. The van der Waals surface area contributed by atoms with Crippen molar-refractivity contribution >= 4 is 46.5 Å². The average Bonchev–Trinajstić information content (AvgIpc) is 3.58. The standard InChI is InChI=1S/C25H28ClFN4O7S/c1-37-16(12-38-25(22(33)34,23(35)36)11-14-7-3-2-4-8-14)18(32)19(27)31-13-28-17-20(31)29-24(26)30-21(17)39-15-9-5-6-10-15/h2-4,7-8,13,15-16,18-19,32H,5-6,9-12H2,1H3,(H,33,34)(H,35,36)/t16-,18-,19-/m1/s1. The molecule has 0 saturated heterocycles. The Morgan fingerprint density at radius 1 is 1.21 bits per heavy atom. The summed E-state index contributed by atoms with van der Waals surface area (Å²) in [4.78, 5) is 36.7. The quantitative estimate of drug-likeness (QED) is 0.154. The maximum atomic E-state index is 15.7. The molecule has 0 spiro atoms. The lowest BCUT2D eigenvalue weighted by molar-refractivity contribution is -0.192. The second-order valence-electron chi connectivity index (χ2n) is 9.19. The monoisotopic (exact) mass is 582 g/mol. The Hall–Kier alpha value is -2.84. The maximum absolute atomic E-state index is 15.7. The lowest BCUT2D eigenvalue weighted by Crippen LogP contribution is -2.53. The first-order chi connectivity index (χ1) is 18.7. The SMILES string of the molecule is CO[C@H](COC(Cc1ccccc1)(C(=O)O)C(=O)O)[C@@H](O)[C@H](F)n1cnc2c(SC3CCCC3)nc(Cl)nc21. The van der Waals surface area contributed by atoms with Crippen molar-refractivity contribution in [3.63, 3.8) is 0 Å². The summed E-state index contributed by atoms with van der Waals surface area (Å²) in [6.07, 6.45) is -0.610. The van der Waals surface area contributed by atoms with E-state index in [1.807, 2.05) is 0 Å². The molecule has 0 aliphatic heterocycles. The Morgan fingerprint density at radius 3 is 2.49 bits per heavy atom. The number of hydrogen-bond acceptors (Lipinski definition) is 9. The van der Waals surface area contributed by atoms with Gasteiger partial charge in [-0.05, 0) is 30.0 Å². The van der Waals surface area contributed by atoms with E-state index in [1.54, 1.807) is 30.3 Å². The zero-order chi connectivity index (χ0) is 28.2. The van der Waals surface area contributed by atoms with E-state index in [-0.39, 0.29) is 10.9 Å². The number of imidazole rings is 1. The predicted octanol–water partition coefficient (Wildman–Crippen LogP) is 3.53. The fraction of sp³-hybridized carbons (Fsp3) is 0.480. The Kier molecular flexibility index (Phi) is 9.39. The molecule has 3 atom stereocenters. The molecule has 4 rings (SSSR count). The molecule has 3 N–H and O–H groups in total. The number of benzene rings is 1. The highest BCUT2D eigenvalue weighted by Crippen LogP contribution is 2.37. The van der Waals surface area contributed by atoms with Crippen LogP contribution in [0.1, 0.15) is 37.5 Å². The summed E-state index contributed by atoms with van der Waals surface area (Å²) in [6.45, 7) is -0.741. The fourth-order valence-corrected chi connectivity index (χ4v) is 5.96. The molecule has 3 aromatic rings. The molecule has 210 valence electrons. The lowest BCUT2D eigenvalue weighted by Gasteiger charge is -2.30. The number of fused-ring (bicyclic) bond motifs is 1. The van der Waals surface area contributed by atoms with E-state index in [9.17, 15) is 24.9 Å². The smallest absolute Gasteiger partial charge is 0.348 e. The first-order valence-electron chi connectivity index (χ1n) is 12.2. The number of nitrogens with zero attached hydrogens (tertiary/aromatic N) is 4. The van der Waals surface area contributed by atoms with Crippen LogP contribution in [0.25, 0.3) is 11.2 Å². The van der Waals surface area contributed by atoms with Crippen LogP contribution in [0.5, 0.6) is 0 Å². The topological polar surface area (TPSA) is 157 Å². The summed E-state index contributed by atoms with van der Waals surface area (Å²) in [5.41, 5.74) is -1.91. The number of alkyl halides is 1. The van der Waals surface area contributed by atoms with Gasteiger partial charge >= 0.3 is 11.9 Å². The largest absolute Gasteiger partial charge is 0.479 e. The number of ether oxygens (including phenoxy) is 2. The minimum atomic E-state index is -2.70. The average molecular weight is 583 g/mol. The summed E-state index contributed by atoms with van der Waals surface area (Å²) >= 11 is 7.62. The fourth-order valence-electron chi connectivity index (χ4n) is 4.46. The van der Waals surface area contributed by atoms with Crippen molar-refractivity contribution in [1.29, 1.82) is 0 Å². The number of rotatable bonds is 13. The number of methoxy groups -OCH3 is 1. The van der Waals surface area contributed by atoms with Gasteiger partial charge in [-0.1, -0.05) is 43.2 Å². The highest BCUT2D eigenvalue weighted by Gasteiger charge is 2.49. The third-order valence-electron chi connectivity index (χ3n) is 6.65. The Bertz CT molecular complexity index is 1290. The molecular formula is C25H28ClFN4O7S. The van der Waals surface area contributed by atoms with E-state index < -0.39 is 49.1 Å². The van der Waals surface area contributed by atoms with Gasteiger partial charge in [-0.25, -0.2) is 23.9 Å². The van der Waals surface area contributed by atoms with Crippen LogP contribution in [0.3, 0.4) is 0 Å². The summed E-state index contributed by atoms with van der Waals surface area (Å²) in [5.74, 6) is -3.50. The molecule has 0 amide bonds. The summed E-state index contributed by atoms with van der Waals surface area (Å²) in [6, 6.07) is 8.06. The van der Waals surface area contributed by atoms with Gasteiger partial charge in [-0.2, -0.15) is 4.98 Å². The zero-order valence-corrected chi connectivity index (χ0v) is 22.5. The van der Waals surface area contributed by atoms with Crippen LogP contribution in [0.15, 0.2) is 41.7 Å². The predicted molar refractivity (Wildman–Crippen MR) is 139 cm³/mol. The van der Waals surface area contributed by atoms with Crippen LogP contribution >= 0.6 is 23.4 Å². The van der Waals surface area contributed by atoms with E-state index in [0.717, 1.165) is 43.7 Å². The van der Waals surface area contributed by atoms with Crippen LogP contribution in [0.2, 0.25) is 5.28 Å². The number of hydrogen-bond donors (Lipinski definition) is 3. The van der Waals surface area contributed by atoms with E-state index in [2.05, 4.69) is 15.0 Å². The molecule has 0 radical (unpaired) electrons. The van der Waals surface area contributed by atoms with Crippen LogP contribution in [-0.4, -0.2) is 83.6 Å². The van der Waals surface area contributed by atoms with E-state index in [0.29, 0.717) is 21.4 Å². The van der Waals surface area contributed by atoms with E-state index in [1.165, 1.54) is 11.8 Å². The van der Waals surface area contributed by atoms with Crippen LogP contribution in [0, 0.1) is 0 Å². The molecule has 2 heterocycles. The van der Waals surface area contributed by atoms with Crippen molar-refractivity contribution in [3.8, 4) is 0 Å². The molecule has 0 bridgehead atoms. The minimum Gasteiger partial charge on any atom is -0.479 e. The Morgan fingerprint density at radius 2 is 1.87 bits per heavy atom. The van der Waals surface area contributed by atoms with Crippen LogP contribution < -0.4 is 0 Å². The van der Waals surface area contributed by atoms with Gasteiger partial charge in [0.1, 0.15) is 22.8 Å². The van der Waals surface area contributed by atoms with Crippen molar-refractivity contribution < 1.29 is 38.8 Å². The minimum absolute atomic E-state index is 0.0623. The second-order valence-corrected chi connectivity index (χ2v) is 10.8. The number of aliphatic carboxylic acids is 2. The Labute approximate surface area is 232 Å². The number of carboxylic acid groups (broad SMARTS) is 2. The van der Waals surface area contributed by atoms with Crippen molar-refractivity contribution in [3.05, 3.63) is 47.5 Å². The molecule has 1 aliphatic carbocycles. The van der Waals surface area contributed by atoms with Gasteiger partial charge in [-0.15, -0.1) is 11.8 Å². The zero-order valence-electron chi connectivity index (χ0n) is 20.9. The van der Waals surface area contributed by atoms with Crippen molar-refractivity contribution in [1.82, 2.24) is 19.5 Å².